The highest BCUT2D eigenvalue weighted by molar-refractivity contribution is 4.80. The molecule has 3 heteroatoms. The van der Waals surface area contributed by atoms with Crippen molar-refractivity contribution in [1.82, 2.24) is 4.90 Å². The molecule has 0 saturated carbocycles. The molecule has 3 nitrogen and oxygen atoms in total. The van der Waals surface area contributed by atoms with Gasteiger partial charge in [-0.1, -0.05) is 6.92 Å². The van der Waals surface area contributed by atoms with Crippen molar-refractivity contribution in [2.45, 2.75) is 31.8 Å². The van der Waals surface area contributed by atoms with Crippen LogP contribution in [0.5, 0.6) is 0 Å². The molecule has 2 N–H and O–H groups in total. The maximum absolute atomic E-state index is 6.01. The van der Waals surface area contributed by atoms with Crippen molar-refractivity contribution in [3.8, 4) is 0 Å². The molecule has 12 heavy (non-hydrogen) atoms. The van der Waals surface area contributed by atoms with Crippen molar-refractivity contribution in [3.05, 3.63) is 0 Å². The molecule has 2 unspecified atom stereocenters. The maximum Gasteiger partial charge on any atom is 0.0593 e. The molecule has 2 atom stereocenters. The van der Waals surface area contributed by atoms with Gasteiger partial charge in [-0.25, -0.2) is 0 Å². The van der Waals surface area contributed by atoms with Gasteiger partial charge >= 0.3 is 0 Å². The lowest BCUT2D eigenvalue weighted by atomic mass is 10.0. The fraction of sp³-hybridized carbons (Fsp3) is 1.00. The van der Waals surface area contributed by atoms with Crippen molar-refractivity contribution >= 4 is 0 Å². The van der Waals surface area contributed by atoms with E-state index in [-0.39, 0.29) is 0 Å². The van der Waals surface area contributed by atoms with E-state index in [9.17, 15) is 0 Å². The summed E-state index contributed by atoms with van der Waals surface area (Å²) in [5.74, 6) is 0. The molecule has 0 spiro atoms. The van der Waals surface area contributed by atoms with Crippen LogP contribution in [0.3, 0.4) is 0 Å². The van der Waals surface area contributed by atoms with Crippen molar-refractivity contribution in [3.63, 3.8) is 0 Å². The van der Waals surface area contributed by atoms with E-state index < -0.39 is 0 Å². The van der Waals surface area contributed by atoms with Gasteiger partial charge in [-0.15, -0.1) is 0 Å². The van der Waals surface area contributed by atoms with E-state index in [4.69, 9.17) is 10.5 Å². The van der Waals surface area contributed by atoms with Gasteiger partial charge in [0.2, 0.25) is 0 Å². The number of hydrogen-bond acceptors (Lipinski definition) is 3. The maximum atomic E-state index is 6.01. The summed E-state index contributed by atoms with van der Waals surface area (Å²) in [6.45, 7) is 4.87. The fourth-order valence-corrected chi connectivity index (χ4v) is 1.71. The van der Waals surface area contributed by atoms with Gasteiger partial charge in [0.1, 0.15) is 0 Å². The van der Waals surface area contributed by atoms with Crippen LogP contribution in [0.2, 0.25) is 0 Å². The highest BCUT2D eigenvalue weighted by Crippen LogP contribution is 2.11. The zero-order valence-corrected chi connectivity index (χ0v) is 8.12. The summed E-state index contributed by atoms with van der Waals surface area (Å²) in [7, 11) is 2.13. The third-order valence-corrected chi connectivity index (χ3v) is 2.68. The molecule has 1 rings (SSSR count). The minimum absolute atomic E-state index is 0.302. The van der Waals surface area contributed by atoms with Crippen LogP contribution in [0, 0.1) is 0 Å². The SMILES string of the molecule is CCC(N)C1CCOCCN1C. The molecule has 1 fully saturated rings. The van der Waals surface area contributed by atoms with Gasteiger partial charge in [0.15, 0.2) is 0 Å². The van der Waals surface area contributed by atoms with Crippen molar-refractivity contribution < 1.29 is 4.74 Å². The Morgan fingerprint density at radius 3 is 3.00 bits per heavy atom. The van der Waals surface area contributed by atoms with Crippen LogP contribution in [0.4, 0.5) is 0 Å². The smallest absolute Gasteiger partial charge is 0.0593 e. The topological polar surface area (TPSA) is 38.5 Å². The normalized spacial score (nSPS) is 29.8. The predicted molar refractivity (Wildman–Crippen MR) is 50.1 cm³/mol. The first-order valence-corrected chi connectivity index (χ1v) is 4.79. The van der Waals surface area contributed by atoms with Crippen LogP contribution >= 0.6 is 0 Å². The first-order valence-electron chi connectivity index (χ1n) is 4.79. The van der Waals surface area contributed by atoms with Gasteiger partial charge in [0.25, 0.3) is 0 Å². The molecule has 1 aliphatic rings. The van der Waals surface area contributed by atoms with Crippen LogP contribution in [0.25, 0.3) is 0 Å². The quantitative estimate of drug-likeness (QED) is 0.657. The summed E-state index contributed by atoms with van der Waals surface area (Å²) in [6, 6.07) is 0.814. The standard InChI is InChI=1S/C9H20N2O/c1-3-8(10)9-4-6-12-7-5-11(9)2/h8-9H,3-7,10H2,1-2H3. The van der Waals surface area contributed by atoms with Gasteiger partial charge in [-0.05, 0) is 19.9 Å². The molecular weight excluding hydrogens is 152 g/mol. The Balaban J connectivity index is 2.46. The highest BCUT2D eigenvalue weighted by atomic mass is 16.5. The summed E-state index contributed by atoms with van der Waals surface area (Å²) in [5, 5.41) is 0. The molecule has 1 heterocycles. The Kier molecular flexibility index (Phi) is 3.98. The second-order valence-electron chi connectivity index (χ2n) is 3.52. The number of nitrogens with two attached hydrogens (primary N) is 1. The fourth-order valence-electron chi connectivity index (χ4n) is 1.71. The Labute approximate surface area is 74.9 Å². The largest absolute Gasteiger partial charge is 0.380 e. The zero-order chi connectivity index (χ0) is 8.97. The monoisotopic (exact) mass is 172 g/mol. The molecular formula is C9H20N2O. The van der Waals surface area contributed by atoms with Crippen LogP contribution < -0.4 is 5.73 Å². The number of hydrogen-bond donors (Lipinski definition) is 1. The predicted octanol–water partition coefficient (Wildman–Crippen LogP) is 0.444. The molecule has 0 bridgehead atoms. The summed E-state index contributed by atoms with van der Waals surface area (Å²) in [4.78, 5) is 2.32. The Hall–Kier alpha value is -0.120. The molecule has 0 aromatic rings. The van der Waals surface area contributed by atoms with Crippen LogP contribution in [0.15, 0.2) is 0 Å². The molecule has 0 radical (unpaired) electrons. The Bertz CT molecular complexity index is 130. The number of rotatable bonds is 2. The molecule has 0 aromatic carbocycles. The number of nitrogens with zero attached hydrogens (tertiary/aromatic N) is 1. The molecule has 0 aromatic heterocycles. The second-order valence-corrected chi connectivity index (χ2v) is 3.52. The minimum atomic E-state index is 0.302. The highest BCUT2D eigenvalue weighted by Gasteiger charge is 2.22. The molecule has 72 valence electrons. The summed E-state index contributed by atoms with van der Waals surface area (Å²) >= 11 is 0. The van der Waals surface area contributed by atoms with E-state index in [2.05, 4.69) is 18.9 Å². The summed E-state index contributed by atoms with van der Waals surface area (Å²) in [5.41, 5.74) is 6.01. The van der Waals surface area contributed by atoms with Crippen LogP contribution in [0.1, 0.15) is 19.8 Å². The van der Waals surface area contributed by atoms with E-state index in [1.807, 2.05) is 0 Å². The number of ether oxygens (including phenoxy) is 1. The van der Waals surface area contributed by atoms with Gasteiger partial charge in [0.05, 0.1) is 6.61 Å². The Morgan fingerprint density at radius 1 is 1.58 bits per heavy atom. The average molecular weight is 172 g/mol. The summed E-state index contributed by atoms with van der Waals surface area (Å²) in [6.07, 6.45) is 2.13. The van der Waals surface area contributed by atoms with Crippen molar-refractivity contribution in [2.24, 2.45) is 5.73 Å². The van der Waals surface area contributed by atoms with E-state index in [0.29, 0.717) is 12.1 Å². The third kappa shape index (κ3) is 2.44. The van der Waals surface area contributed by atoms with Crippen molar-refractivity contribution in [1.29, 1.82) is 0 Å². The van der Waals surface area contributed by atoms with Gasteiger partial charge in [0, 0.05) is 25.2 Å². The lowest BCUT2D eigenvalue weighted by molar-refractivity contribution is 0.144. The number of likely N-dealkylation sites (N-methyl/N-ethyl adjacent to an activating group) is 1. The third-order valence-electron chi connectivity index (χ3n) is 2.68. The Morgan fingerprint density at radius 2 is 2.33 bits per heavy atom. The van der Waals surface area contributed by atoms with E-state index >= 15 is 0 Å². The molecule has 0 aliphatic carbocycles. The molecule has 1 aliphatic heterocycles. The van der Waals surface area contributed by atoms with Gasteiger partial charge in [-0.3, -0.25) is 4.90 Å². The second kappa shape index (κ2) is 4.80. The first kappa shape index (κ1) is 9.96. The van der Waals surface area contributed by atoms with E-state index in [1.54, 1.807) is 0 Å². The molecule has 0 amide bonds. The van der Waals surface area contributed by atoms with Gasteiger partial charge < -0.3 is 10.5 Å². The first-order chi connectivity index (χ1) is 5.75. The van der Waals surface area contributed by atoms with Crippen LogP contribution in [-0.4, -0.2) is 43.8 Å². The average Bonchev–Trinajstić information content (AvgIpc) is 2.28. The minimum Gasteiger partial charge on any atom is -0.380 e. The lowest BCUT2D eigenvalue weighted by Crippen LogP contribution is -2.45. The van der Waals surface area contributed by atoms with Gasteiger partial charge in [-0.2, -0.15) is 0 Å². The van der Waals surface area contributed by atoms with E-state index in [1.165, 1.54) is 0 Å². The van der Waals surface area contributed by atoms with Crippen molar-refractivity contribution in [2.75, 3.05) is 26.8 Å². The van der Waals surface area contributed by atoms with Crippen LogP contribution in [-0.2, 0) is 4.74 Å². The van der Waals surface area contributed by atoms with E-state index in [0.717, 1.165) is 32.6 Å². The summed E-state index contributed by atoms with van der Waals surface area (Å²) < 4.78 is 5.39. The lowest BCUT2D eigenvalue weighted by Gasteiger charge is -2.29. The zero-order valence-electron chi connectivity index (χ0n) is 8.12. The molecule has 1 saturated heterocycles.